The van der Waals surface area contributed by atoms with E-state index in [0.717, 1.165) is 49.5 Å². The summed E-state index contributed by atoms with van der Waals surface area (Å²) in [5, 5.41) is 6.09. The number of nitrogens with one attached hydrogen (secondary N) is 2. The molecule has 2 fully saturated rings. The van der Waals surface area contributed by atoms with Gasteiger partial charge in [0.25, 0.3) is 0 Å². The number of benzene rings is 1. The van der Waals surface area contributed by atoms with Crippen LogP contribution >= 0.6 is 0 Å². The first-order valence-corrected chi connectivity index (χ1v) is 10.6. The maximum absolute atomic E-state index is 11.2. The molecule has 0 radical (unpaired) electrons. The first-order chi connectivity index (χ1) is 14.2. The maximum Gasteiger partial charge on any atom is 0.233 e. The van der Waals surface area contributed by atoms with E-state index in [0.29, 0.717) is 5.95 Å². The zero-order valence-electron chi connectivity index (χ0n) is 17.0. The molecule has 3 heterocycles. The van der Waals surface area contributed by atoms with E-state index < -0.39 is 0 Å². The topological polar surface area (TPSA) is 86.3 Å². The van der Waals surface area contributed by atoms with Crippen molar-refractivity contribution in [1.29, 1.82) is 0 Å². The zero-order chi connectivity index (χ0) is 20.1. The van der Waals surface area contributed by atoms with Crippen molar-refractivity contribution in [3.8, 4) is 0 Å². The molecule has 1 amide bonds. The van der Waals surface area contributed by atoms with Crippen molar-refractivity contribution in [1.82, 2.24) is 15.0 Å². The number of aromatic nitrogens is 3. The summed E-state index contributed by atoms with van der Waals surface area (Å²) in [6.45, 7) is 5.48. The summed E-state index contributed by atoms with van der Waals surface area (Å²) in [5.74, 6) is 2.00. The van der Waals surface area contributed by atoms with Crippen LogP contribution in [-0.4, -0.2) is 47.0 Å². The van der Waals surface area contributed by atoms with Gasteiger partial charge in [0, 0.05) is 44.5 Å². The maximum atomic E-state index is 11.2. The van der Waals surface area contributed by atoms with Crippen molar-refractivity contribution in [2.75, 3.05) is 46.6 Å². The van der Waals surface area contributed by atoms with Gasteiger partial charge in [-0.05, 0) is 62.8 Å². The van der Waals surface area contributed by atoms with E-state index in [2.05, 4.69) is 20.4 Å². The molecule has 1 aromatic carbocycles. The third kappa shape index (κ3) is 5.13. The molecule has 29 heavy (non-hydrogen) atoms. The summed E-state index contributed by atoms with van der Waals surface area (Å²) in [7, 11) is 0. The van der Waals surface area contributed by atoms with E-state index in [1.165, 1.54) is 45.4 Å². The number of nitrogens with zero attached hydrogens (tertiary/aromatic N) is 5. The summed E-state index contributed by atoms with van der Waals surface area (Å²) in [6.07, 6.45) is 7.26. The van der Waals surface area contributed by atoms with Gasteiger partial charge in [-0.2, -0.15) is 15.0 Å². The van der Waals surface area contributed by atoms with Gasteiger partial charge >= 0.3 is 0 Å². The summed E-state index contributed by atoms with van der Waals surface area (Å²) in [5.41, 5.74) is 1.64. The Morgan fingerprint density at radius 1 is 0.759 bits per heavy atom. The van der Waals surface area contributed by atoms with Crippen LogP contribution in [0.2, 0.25) is 0 Å². The second-order valence-corrected chi connectivity index (χ2v) is 7.74. The Bertz CT molecular complexity index is 791. The van der Waals surface area contributed by atoms with Crippen LogP contribution in [0.1, 0.15) is 45.4 Å². The number of rotatable bonds is 5. The molecule has 4 rings (SSSR count). The van der Waals surface area contributed by atoms with Gasteiger partial charge < -0.3 is 20.4 Å². The Labute approximate surface area is 171 Å². The molecule has 2 aliphatic heterocycles. The van der Waals surface area contributed by atoms with Crippen molar-refractivity contribution in [2.45, 2.75) is 45.4 Å². The van der Waals surface area contributed by atoms with Crippen LogP contribution in [0, 0.1) is 0 Å². The zero-order valence-corrected chi connectivity index (χ0v) is 17.0. The van der Waals surface area contributed by atoms with E-state index in [-0.39, 0.29) is 5.91 Å². The molecule has 2 N–H and O–H groups in total. The number of hydrogen-bond donors (Lipinski definition) is 2. The van der Waals surface area contributed by atoms with Crippen molar-refractivity contribution >= 4 is 35.1 Å². The van der Waals surface area contributed by atoms with E-state index in [4.69, 9.17) is 15.0 Å². The molecule has 0 atom stereocenters. The van der Waals surface area contributed by atoms with Crippen molar-refractivity contribution in [2.24, 2.45) is 0 Å². The number of carbonyl (C=O) groups excluding carboxylic acids is 1. The summed E-state index contributed by atoms with van der Waals surface area (Å²) in [6, 6.07) is 7.55. The first-order valence-electron chi connectivity index (χ1n) is 10.6. The average molecular weight is 396 g/mol. The van der Waals surface area contributed by atoms with Crippen LogP contribution in [0.25, 0.3) is 0 Å². The molecule has 8 nitrogen and oxygen atoms in total. The van der Waals surface area contributed by atoms with Gasteiger partial charge in [-0.3, -0.25) is 4.79 Å². The summed E-state index contributed by atoms with van der Waals surface area (Å²) >= 11 is 0. The summed E-state index contributed by atoms with van der Waals surface area (Å²) < 4.78 is 0. The number of amides is 1. The predicted octanol–water partition coefficient (Wildman–Crippen LogP) is 3.55. The van der Waals surface area contributed by atoms with E-state index >= 15 is 0 Å². The Hall–Kier alpha value is -2.90. The van der Waals surface area contributed by atoms with Crippen LogP contribution in [0.15, 0.2) is 24.3 Å². The third-order valence-electron chi connectivity index (χ3n) is 5.35. The fourth-order valence-electron chi connectivity index (χ4n) is 3.85. The quantitative estimate of drug-likeness (QED) is 0.800. The second kappa shape index (κ2) is 9.07. The third-order valence-corrected chi connectivity index (χ3v) is 5.35. The SMILES string of the molecule is CC(=O)Nc1ccc(Nc2nc(N3CCCCC3)nc(N3CCCCC3)n2)cc1. The molecule has 2 aromatic rings. The van der Waals surface area contributed by atoms with Gasteiger partial charge in [-0.15, -0.1) is 0 Å². The second-order valence-electron chi connectivity index (χ2n) is 7.74. The lowest BCUT2D eigenvalue weighted by Crippen LogP contribution is -2.34. The van der Waals surface area contributed by atoms with Gasteiger partial charge in [0.2, 0.25) is 23.8 Å². The molecule has 0 bridgehead atoms. The van der Waals surface area contributed by atoms with Crippen LogP contribution < -0.4 is 20.4 Å². The van der Waals surface area contributed by atoms with Gasteiger partial charge in [0.15, 0.2) is 0 Å². The highest BCUT2D eigenvalue weighted by molar-refractivity contribution is 5.88. The normalized spacial score (nSPS) is 17.1. The number of hydrogen-bond acceptors (Lipinski definition) is 7. The van der Waals surface area contributed by atoms with E-state index in [1.807, 2.05) is 24.3 Å². The van der Waals surface area contributed by atoms with Gasteiger partial charge in [-0.1, -0.05) is 0 Å². The summed E-state index contributed by atoms with van der Waals surface area (Å²) in [4.78, 5) is 30.0. The Balaban J connectivity index is 1.57. The van der Waals surface area contributed by atoms with Crippen LogP contribution in [0.4, 0.5) is 29.2 Å². The van der Waals surface area contributed by atoms with Crippen molar-refractivity contribution in [3.05, 3.63) is 24.3 Å². The molecule has 8 heteroatoms. The lowest BCUT2D eigenvalue weighted by atomic mass is 10.1. The largest absolute Gasteiger partial charge is 0.341 e. The van der Waals surface area contributed by atoms with Crippen molar-refractivity contribution < 1.29 is 4.79 Å². The molecular formula is C21H29N7O. The van der Waals surface area contributed by atoms with Gasteiger partial charge in [0.1, 0.15) is 0 Å². The van der Waals surface area contributed by atoms with Crippen LogP contribution in [-0.2, 0) is 4.79 Å². The van der Waals surface area contributed by atoms with E-state index in [1.54, 1.807) is 0 Å². The Kier molecular flexibility index (Phi) is 6.07. The average Bonchev–Trinajstić information content (AvgIpc) is 2.76. The molecule has 0 saturated carbocycles. The van der Waals surface area contributed by atoms with E-state index in [9.17, 15) is 4.79 Å². The fourth-order valence-corrected chi connectivity index (χ4v) is 3.85. The smallest absolute Gasteiger partial charge is 0.233 e. The molecule has 0 aliphatic carbocycles. The molecular weight excluding hydrogens is 366 g/mol. The molecule has 2 saturated heterocycles. The Morgan fingerprint density at radius 2 is 1.24 bits per heavy atom. The molecule has 0 unspecified atom stereocenters. The number of piperidine rings is 2. The minimum absolute atomic E-state index is 0.0828. The lowest BCUT2D eigenvalue weighted by molar-refractivity contribution is -0.114. The highest BCUT2D eigenvalue weighted by atomic mass is 16.1. The first kappa shape index (κ1) is 19.4. The highest BCUT2D eigenvalue weighted by Gasteiger charge is 2.20. The highest BCUT2D eigenvalue weighted by Crippen LogP contribution is 2.24. The molecule has 154 valence electrons. The van der Waals surface area contributed by atoms with Gasteiger partial charge in [-0.25, -0.2) is 0 Å². The molecule has 0 spiro atoms. The Morgan fingerprint density at radius 3 is 1.72 bits per heavy atom. The van der Waals surface area contributed by atoms with Crippen molar-refractivity contribution in [3.63, 3.8) is 0 Å². The fraction of sp³-hybridized carbons (Fsp3) is 0.524. The minimum atomic E-state index is -0.0828. The van der Waals surface area contributed by atoms with Crippen LogP contribution in [0.5, 0.6) is 0 Å². The van der Waals surface area contributed by atoms with Crippen LogP contribution in [0.3, 0.4) is 0 Å². The molecule has 2 aliphatic rings. The number of anilines is 5. The lowest BCUT2D eigenvalue weighted by Gasteiger charge is -2.30. The predicted molar refractivity (Wildman–Crippen MR) is 116 cm³/mol. The van der Waals surface area contributed by atoms with Gasteiger partial charge in [0.05, 0.1) is 0 Å². The molecule has 1 aromatic heterocycles. The number of carbonyl (C=O) groups is 1. The minimum Gasteiger partial charge on any atom is -0.341 e. The monoisotopic (exact) mass is 395 g/mol. The standard InChI is InChI=1S/C21H29N7O/c1-16(29)22-17-8-10-18(11-9-17)23-19-24-20(27-12-4-2-5-13-27)26-21(25-19)28-14-6-3-7-15-28/h8-11H,2-7,12-15H2,1H3,(H,22,29)(H,23,24,25,26).